The molecule has 0 aliphatic carbocycles. The van der Waals surface area contributed by atoms with Crippen LogP contribution in [0.15, 0.2) is 18.3 Å². The third kappa shape index (κ3) is 3.00. The van der Waals surface area contributed by atoms with Crippen LogP contribution in [0.2, 0.25) is 0 Å². The number of likely N-dealkylation sites (tertiary alicyclic amines) is 1. The summed E-state index contributed by atoms with van der Waals surface area (Å²) in [6, 6.07) is 3.71. The van der Waals surface area contributed by atoms with Gasteiger partial charge < -0.3 is 5.73 Å². The molecule has 0 bridgehead atoms. The molecule has 2 N–H and O–H groups in total. The Bertz CT molecular complexity index is 402. The number of hydrogen-bond donors (Lipinski definition) is 1. The number of alkyl halides is 1. The van der Waals surface area contributed by atoms with Crippen LogP contribution in [0.25, 0.3) is 0 Å². The zero-order valence-corrected chi connectivity index (χ0v) is 9.60. The smallest absolute Gasteiger partial charge is 0.168 e. The molecule has 1 aromatic heterocycles. The van der Waals surface area contributed by atoms with Crippen molar-refractivity contribution in [2.24, 2.45) is 0 Å². The van der Waals surface area contributed by atoms with Gasteiger partial charge in [-0.3, -0.25) is 9.69 Å². The van der Waals surface area contributed by atoms with Gasteiger partial charge in [-0.2, -0.15) is 0 Å². The first kappa shape index (κ1) is 12.0. The summed E-state index contributed by atoms with van der Waals surface area (Å²) < 4.78 is 13.7. The van der Waals surface area contributed by atoms with E-state index in [0.29, 0.717) is 25.2 Å². The van der Waals surface area contributed by atoms with E-state index in [-0.39, 0.29) is 12.8 Å². The molecular weight excluding hydrogens is 221 g/mol. The number of carbonyl (C=O) groups excluding carboxylic acids is 1. The van der Waals surface area contributed by atoms with E-state index in [0.717, 1.165) is 12.1 Å². The number of halogens is 1. The molecule has 2 rings (SSSR count). The number of rotatable bonds is 3. The minimum absolute atomic E-state index is 0.275. The Kier molecular flexibility index (Phi) is 3.38. The predicted octanol–water partition coefficient (Wildman–Crippen LogP) is 1.17. The number of piperidine rings is 1. The van der Waals surface area contributed by atoms with Crippen molar-refractivity contribution >= 4 is 12.1 Å². The highest BCUT2D eigenvalue weighted by Crippen LogP contribution is 2.25. The Morgan fingerprint density at radius 1 is 1.53 bits per heavy atom. The predicted molar refractivity (Wildman–Crippen MR) is 63.1 cm³/mol. The lowest BCUT2D eigenvalue weighted by Gasteiger charge is -2.33. The van der Waals surface area contributed by atoms with Crippen molar-refractivity contribution in [3.05, 3.63) is 23.9 Å². The highest BCUT2D eigenvalue weighted by Gasteiger charge is 2.33. The van der Waals surface area contributed by atoms with Crippen LogP contribution >= 0.6 is 0 Å². The zero-order chi connectivity index (χ0) is 12.3. The molecule has 1 aliphatic rings. The molecule has 0 unspecified atom stereocenters. The average molecular weight is 237 g/mol. The van der Waals surface area contributed by atoms with Crippen molar-refractivity contribution in [2.75, 3.05) is 18.8 Å². The quantitative estimate of drug-likeness (QED) is 0.802. The fourth-order valence-electron chi connectivity index (χ4n) is 2.05. The largest absolute Gasteiger partial charge is 0.384 e. The first-order valence-corrected chi connectivity index (χ1v) is 5.69. The summed E-state index contributed by atoms with van der Waals surface area (Å²) in [5.74, 6) is 0.493. The van der Waals surface area contributed by atoms with Gasteiger partial charge in [-0.1, -0.05) is 0 Å². The highest BCUT2D eigenvalue weighted by molar-refractivity contribution is 5.62. The average Bonchev–Trinajstić information content (AvgIpc) is 2.33. The van der Waals surface area contributed by atoms with Crippen LogP contribution in [0.1, 0.15) is 18.4 Å². The van der Waals surface area contributed by atoms with Gasteiger partial charge >= 0.3 is 0 Å². The Balaban J connectivity index is 1.92. The SMILES string of the molecule is Nc1cc(CN2CCC(F)(C=O)CC2)ccn1. The summed E-state index contributed by atoms with van der Waals surface area (Å²) in [5, 5.41) is 0. The molecule has 0 spiro atoms. The fraction of sp³-hybridized carbons (Fsp3) is 0.500. The van der Waals surface area contributed by atoms with Gasteiger partial charge in [0.25, 0.3) is 0 Å². The molecule has 0 aromatic carbocycles. The van der Waals surface area contributed by atoms with Crippen molar-refractivity contribution in [1.29, 1.82) is 0 Å². The minimum atomic E-state index is -1.62. The maximum atomic E-state index is 13.7. The molecule has 1 aromatic rings. The lowest BCUT2D eigenvalue weighted by Crippen LogP contribution is -2.42. The summed E-state index contributed by atoms with van der Waals surface area (Å²) in [5.41, 5.74) is 5.04. The van der Waals surface area contributed by atoms with E-state index in [1.165, 1.54) is 0 Å². The summed E-state index contributed by atoms with van der Waals surface area (Å²) in [7, 11) is 0. The van der Waals surface area contributed by atoms with E-state index in [9.17, 15) is 9.18 Å². The van der Waals surface area contributed by atoms with Crippen LogP contribution in [0.5, 0.6) is 0 Å². The van der Waals surface area contributed by atoms with E-state index in [1.54, 1.807) is 6.20 Å². The number of aldehydes is 1. The van der Waals surface area contributed by atoms with E-state index >= 15 is 0 Å². The summed E-state index contributed by atoms with van der Waals surface area (Å²) in [6.07, 6.45) is 2.66. The molecule has 0 amide bonds. The van der Waals surface area contributed by atoms with E-state index in [2.05, 4.69) is 9.88 Å². The molecule has 1 fully saturated rings. The number of aromatic nitrogens is 1. The fourth-order valence-corrected chi connectivity index (χ4v) is 2.05. The normalized spacial score (nSPS) is 20.1. The summed E-state index contributed by atoms with van der Waals surface area (Å²) >= 11 is 0. The second-order valence-corrected chi connectivity index (χ2v) is 4.52. The van der Waals surface area contributed by atoms with Gasteiger partial charge in [-0.25, -0.2) is 9.37 Å². The molecule has 4 nitrogen and oxygen atoms in total. The molecule has 2 heterocycles. The number of nitrogen functional groups attached to an aromatic ring is 1. The van der Waals surface area contributed by atoms with Crippen molar-refractivity contribution in [2.45, 2.75) is 25.1 Å². The standard InChI is InChI=1S/C12H16FN3O/c13-12(9-17)2-5-16(6-3-12)8-10-1-4-15-11(14)7-10/h1,4,7,9H,2-3,5-6,8H2,(H2,14,15). The lowest BCUT2D eigenvalue weighted by molar-refractivity contribution is -0.120. The molecule has 0 saturated carbocycles. The molecule has 1 aliphatic heterocycles. The third-order valence-electron chi connectivity index (χ3n) is 3.15. The van der Waals surface area contributed by atoms with Crippen molar-refractivity contribution in [3.8, 4) is 0 Å². The topological polar surface area (TPSA) is 59.2 Å². The van der Waals surface area contributed by atoms with Gasteiger partial charge in [0.15, 0.2) is 12.0 Å². The van der Waals surface area contributed by atoms with Crippen LogP contribution < -0.4 is 5.73 Å². The third-order valence-corrected chi connectivity index (χ3v) is 3.15. The van der Waals surface area contributed by atoms with Crippen molar-refractivity contribution < 1.29 is 9.18 Å². The Labute approximate surface area is 99.6 Å². The van der Waals surface area contributed by atoms with Crippen LogP contribution in [0, 0.1) is 0 Å². The molecular formula is C12H16FN3O. The monoisotopic (exact) mass is 237 g/mol. The first-order valence-electron chi connectivity index (χ1n) is 5.69. The summed E-state index contributed by atoms with van der Waals surface area (Å²) in [6.45, 7) is 1.91. The van der Waals surface area contributed by atoms with Crippen LogP contribution in [0.3, 0.4) is 0 Å². The van der Waals surface area contributed by atoms with E-state index in [4.69, 9.17) is 5.73 Å². The Morgan fingerprint density at radius 2 is 2.24 bits per heavy atom. The molecule has 92 valence electrons. The van der Waals surface area contributed by atoms with Gasteiger partial charge in [0.2, 0.25) is 0 Å². The number of nitrogens with two attached hydrogens (primary N) is 1. The Hall–Kier alpha value is -1.49. The number of anilines is 1. The van der Waals surface area contributed by atoms with Crippen LogP contribution in [-0.4, -0.2) is 34.9 Å². The van der Waals surface area contributed by atoms with Crippen molar-refractivity contribution in [1.82, 2.24) is 9.88 Å². The van der Waals surface area contributed by atoms with Gasteiger partial charge in [0.05, 0.1) is 0 Å². The number of nitrogens with zero attached hydrogens (tertiary/aromatic N) is 2. The van der Waals surface area contributed by atoms with Gasteiger partial charge in [0.1, 0.15) is 5.82 Å². The van der Waals surface area contributed by atoms with Crippen molar-refractivity contribution in [3.63, 3.8) is 0 Å². The molecule has 1 saturated heterocycles. The molecule has 17 heavy (non-hydrogen) atoms. The first-order chi connectivity index (χ1) is 8.11. The van der Waals surface area contributed by atoms with Crippen LogP contribution in [0.4, 0.5) is 10.2 Å². The Morgan fingerprint density at radius 3 is 2.82 bits per heavy atom. The van der Waals surface area contributed by atoms with E-state index in [1.807, 2.05) is 12.1 Å². The van der Waals surface area contributed by atoms with Gasteiger partial charge in [-0.05, 0) is 17.7 Å². The highest BCUT2D eigenvalue weighted by atomic mass is 19.1. The summed E-state index contributed by atoms with van der Waals surface area (Å²) in [4.78, 5) is 16.6. The second-order valence-electron chi connectivity index (χ2n) is 4.52. The number of carbonyl (C=O) groups is 1. The van der Waals surface area contributed by atoms with Gasteiger partial charge in [0, 0.05) is 38.7 Å². The zero-order valence-electron chi connectivity index (χ0n) is 9.60. The lowest BCUT2D eigenvalue weighted by atomic mass is 9.95. The number of pyridine rings is 1. The minimum Gasteiger partial charge on any atom is -0.384 e. The maximum Gasteiger partial charge on any atom is 0.168 e. The maximum absolute atomic E-state index is 13.7. The number of hydrogen-bond acceptors (Lipinski definition) is 4. The van der Waals surface area contributed by atoms with E-state index < -0.39 is 5.67 Å². The molecule has 0 atom stereocenters. The second kappa shape index (κ2) is 4.79. The van der Waals surface area contributed by atoms with Crippen LogP contribution in [-0.2, 0) is 11.3 Å². The molecule has 0 radical (unpaired) electrons. The van der Waals surface area contributed by atoms with Gasteiger partial charge in [-0.15, -0.1) is 0 Å². The molecule has 5 heteroatoms.